The lowest BCUT2D eigenvalue weighted by atomic mass is 9.99. The van der Waals surface area contributed by atoms with Gasteiger partial charge in [0.2, 0.25) is 22.1 Å². The van der Waals surface area contributed by atoms with Gasteiger partial charge in [0.05, 0.1) is 20.8 Å². The lowest BCUT2D eigenvalue weighted by Gasteiger charge is -2.11. The quantitative estimate of drug-likeness (QED) is 0.0585. The van der Waals surface area contributed by atoms with Gasteiger partial charge in [0.25, 0.3) is 0 Å². The van der Waals surface area contributed by atoms with Crippen LogP contribution in [0.15, 0.2) is 91.0 Å². The number of nitrogens with one attached hydrogen (secondary N) is 1. The Balaban J connectivity index is 0.901. The van der Waals surface area contributed by atoms with Crippen molar-refractivity contribution in [1.29, 1.82) is 0 Å². The second-order valence-electron chi connectivity index (χ2n) is 13.8. The molecule has 0 fully saturated rings. The van der Waals surface area contributed by atoms with Crippen LogP contribution in [0, 0.1) is 13.8 Å². The van der Waals surface area contributed by atoms with Crippen molar-refractivity contribution in [3.8, 4) is 16.3 Å². The summed E-state index contributed by atoms with van der Waals surface area (Å²) in [5.74, 6) is 0. The van der Waals surface area contributed by atoms with Crippen molar-refractivity contribution < 1.29 is 4.57 Å². The van der Waals surface area contributed by atoms with E-state index < -0.39 is 0 Å². The molecule has 0 amide bonds. The van der Waals surface area contributed by atoms with Gasteiger partial charge in [-0.25, -0.2) is 14.5 Å². The topological polar surface area (TPSA) is 70.7 Å². The van der Waals surface area contributed by atoms with Gasteiger partial charge in [-0.2, -0.15) is 0 Å². The average Bonchev–Trinajstić information content (AvgIpc) is 3.11. The second kappa shape index (κ2) is 14.9. The Bertz CT molecular complexity index is 2340. The van der Waals surface area contributed by atoms with Crippen LogP contribution in [0.3, 0.4) is 0 Å². The first-order valence-electron chi connectivity index (χ1n) is 18.0. The molecular weight excluding hydrogens is 633 g/mol. The molecule has 50 heavy (non-hydrogen) atoms. The van der Waals surface area contributed by atoms with Crippen LogP contribution in [-0.2, 0) is 6.42 Å². The highest BCUT2D eigenvalue weighted by Crippen LogP contribution is 2.31. The standard InChI is InChI=1S/C43H46N6S/c1-29-23-38-40(49(33-16-12-10-13-17-33)41-28-35(44)30(2)24-39(41)47-38)25-31(29)15-11-8-6-5-7-9-14-22-45-32-18-20-36-42(26-32)50-43-27-34(48(3)4)19-21-37(43)46-36/h10,12-13,16-21,23-28,44H,5-9,11,14-15,22H2,1-4H3/p+2. The summed E-state index contributed by atoms with van der Waals surface area (Å²) in [4.78, 5) is 11.2. The van der Waals surface area contributed by atoms with Crippen LogP contribution in [-0.4, -0.2) is 30.6 Å². The van der Waals surface area contributed by atoms with Gasteiger partial charge in [-0.1, -0.05) is 50.3 Å². The zero-order chi connectivity index (χ0) is 34.6. The summed E-state index contributed by atoms with van der Waals surface area (Å²) < 4.78 is 5.68. The number of nitrogens with zero attached hydrogens (tertiary/aromatic N) is 4. The Labute approximate surface area is 299 Å². The van der Waals surface area contributed by atoms with E-state index >= 15 is 0 Å². The van der Waals surface area contributed by atoms with E-state index in [0.717, 1.165) is 63.2 Å². The lowest BCUT2D eigenvalue weighted by molar-refractivity contribution is -0.538. The third-order valence-electron chi connectivity index (χ3n) is 9.87. The molecule has 1 aliphatic heterocycles. The number of aryl methyl sites for hydroxylation is 3. The molecule has 1 aliphatic carbocycles. The summed E-state index contributed by atoms with van der Waals surface area (Å²) in [5.41, 5.74) is 19.6. The highest BCUT2D eigenvalue weighted by Gasteiger charge is 2.21. The van der Waals surface area contributed by atoms with Gasteiger partial charge in [0.15, 0.2) is 0 Å². The monoisotopic (exact) mass is 680 g/mol. The third kappa shape index (κ3) is 7.34. The molecule has 254 valence electrons. The van der Waals surface area contributed by atoms with Gasteiger partial charge in [0, 0.05) is 54.3 Å². The zero-order valence-corrected chi connectivity index (χ0v) is 30.6. The minimum absolute atomic E-state index is 0.794. The highest BCUT2D eigenvalue weighted by molar-refractivity contribution is 7.21. The fourth-order valence-electron chi connectivity index (χ4n) is 6.90. The maximum atomic E-state index is 6.39. The van der Waals surface area contributed by atoms with E-state index in [9.17, 15) is 0 Å². The molecule has 0 saturated carbocycles. The molecule has 4 aromatic carbocycles. The SMILES string of the molecule is Cc1cc2nc3cc(C)c(CCCCCCCCCNc4ccc5nc6ccc(=[N+](C)C)cc-6sc5c4)cc3[n+](-c3ccccc3)c2cc1N. The third-order valence-corrected chi connectivity index (χ3v) is 11.0. The number of unbranched alkanes of at least 4 members (excludes halogenated alkanes) is 6. The fraction of sp³-hybridized carbons (Fsp3) is 0.302. The van der Waals surface area contributed by atoms with Crippen LogP contribution < -0.4 is 25.6 Å². The van der Waals surface area contributed by atoms with E-state index in [1.165, 1.54) is 76.7 Å². The molecule has 0 radical (unpaired) electrons. The number of hydrogen-bond acceptors (Lipinski definition) is 5. The van der Waals surface area contributed by atoms with Crippen LogP contribution in [0.2, 0.25) is 0 Å². The summed E-state index contributed by atoms with van der Waals surface area (Å²) in [5, 5.41) is 4.85. The molecule has 0 saturated heterocycles. The molecule has 5 aromatic rings. The minimum Gasteiger partial charge on any atom is -0.398 e. The first kappa shape index (κ1) is 33.6. The number of nitrogen functional groups attached to an aromatic ring is 1. The van der Waals surface area contributed by atoms with Gasteiger partial charge in [-0.15, -0.1) is 15.9 Å². The fourth-order valence-corrected chi connectivity index (χ4v) is 7.94. The zero-order valence-electron chi connectivity index (χ0n) is 29.8. The van der Waals surface area contributed by atoms with Crippen LogP contribution in [0.4, 0.5) is 11.4 Å². The molecule has 0 bridgehead atoms. The number of para-hydroxylation sites is 1. The number of aromatic nitrogens is 3. The Morgan fingerprint density at radius 2 is 1.42 bits per heavy atom. The van der Waals surface area contributed by atoms with E-state index in [2.05, 4.69) is 126 Å². The maximum Gasteiger partial charge on any atom is 0.239 e. The largest absolute Gasteiger partial charge is 0.398 e. The van der Waals surface area contributed by atoms with E-state index in [1.807, 2.05) is 18.3 Å². The van der Waals surface area contributed by atoms with Gasteiger partial charge in [-0.05, 0) is 86.2 Å². The number of nitrogens with two attached hydrogens (primary N) is 1. The Hall–Kier alpha value is -4.88. The van der Waals surface area contributed by atoms with Gasteiger partial charge in [0.1, 0.15) is 25.1 Å². The van der Waals surface area contributed by atoms with Gasteiger partial charge >= 0.3 is 0 Å². The average molecular weight is 681 g/mol. The second-order valence-corrected chi connectivity index (χ2v) is 14.9. The molecule has 7 heteroatoms. The van der Waals surface area contributed by atoms with E-state index in [-0.39, 0.29) is 0 Å². The molecule has 6 nitrogen and oxygen atoms in total. The summed E-state index contributed by atoms with van der Waals surface area (Å²) in [6.45, 7) is 5.28. The first-order valence-corrected chi connectivity index (χ1v) is 18.8. The van der Waals surface area contributed by atoms with Crippen molar-refractivity contribution >= 4 is 55.0 Å². The van der Waals surface area contributed by atoms with Crippen LogP contribution in [0.5, 0.6) is 0 Å². The summed E-state index contributed by atoms with van der Waals surface area (Å²) in [7, 11) is 4.16. The molecule has 0 unspecified atom stereocenters. The molecule has 0 spiro atoms. The molecule has 2 heterocycles. The Kier molecular flexibility index (Phi) is 10.0. The van der Waals surface area contributed by atoms with Crippen molar-refractivity contribution in [1.82, 2.24) is 14.5 Å². The number of fused-ring (bicyclic) bond motifs is 4. The summed E-state index contributed by atoms with van der Waals surface area (Å²) in [6.07, 6.45) is 9.88. The number of rotatable bonds is 12. The Morgan fingerprint density at radius 1 is 0.700 bits per heavy atom. The molecule has 3 N–H and O–H groups in total. The van der Waals surface area contributed by atoms with Crippen LogP contribution in [0.25, 0.3) is 48.5 Å². The summed E-state index contributed by atoms with van der Waals surface area (Å²) in [6, 6.07) is 32.4. The predicted molar refractivity (Wildman–Crippen MR) is 213 cm³/mol. The summed E-state index contributed by atoms with van der Waals surface area (Å²) >= 11 is 1.82. The minimum atomic E-state index is 0.794. The Morgan fingerprint density at radius 3 is 2.20 bits per heavy atom. The normalized spacial score (nSPS) is 11.6. The lowest BCUT2D eigenvalue weighted by Crippen LogP contribution is -2.33. The van der Waals surface area contributed by atoms with Crippen LogP contribution in [0.1, 0.15) is 61.6 Å². The van der Waals surface area contributed by atoms with Crippen molar-refractivity contribution in [2.24, 2.45) is 0 Å². The maximum absolute atomic E-state index is 6.39. The van der Waals surface area contributed by atoms with Crippen molar-refractivity contribution in [3.63, 3.8) is 0 Å². The smallest absolute Gasteiger partial charge is 0.239 e. The molecule has 0 atom stereocenters. The predicted octanol–water partition coefficient (Wildman–Crippen LogP) is 9.00. The number of hydrogen-bond donors (Lipinski definition) is 2. The van der Waals surface area contributed by atoms with E-state index in [1.54, 1.807) is 0 Å². The van der Waals surface area contributed by atoms with E-state index in [0.29, 0.717) is 0 Å². The van der Waals surface area contributed by atoms with Crippen molar-refractivity contribution in [3.05, 3.63) is 113 Å². The van der Waals surface area contributed by atoms with Crippen LogP contribution >= 0.6 is 11.3 Å². The van der Waals surface area contributed by atoms with Gasteiger partial charge in [-0.3, -0.25) is 0 Å². The first-order chi connectivity index (χ1) is 24.3. The molecular formula is C43H48N6S+2. The highest BCUT2D eigenvalue weighted by atomic mass is 32.1. The van der Waals surface area contributed by atoms with Crippen molar-refractivity contribution in [2.75, 3.05) is 31.7 Å². The number of anilines is 2. The molecule has 7 rings (SSSR count). The number of benzene rings is 5. The molecule has 2 aliphatic rings. The van der Waals surface area contributed by atoms with E-state index in [4.69, 9.17) is 15.7 Å². The molecule has 1 aromatic heterocycles. The van der Waals surface area contributed by atoms with Crippen molar-refractivity contribution in [2.45, 2.75) is 65.2 Å². The van der Waals surface area contributed by atoms with Gasteiger partial charge < -0.3 is 11.1 Å².